The van der Waals surface area contributed by atoms with E-state index in [0.29, 0.717) is 24.5 Å². The van der Waals surface area contributed by atoms with Crippen LogP contribution in [0.5, 0.6) is 11.6 Å². The minimum Gasteiger partial charge on any atom is -0.497 e. The largest absolute Gasteiger partial charge is 0.497 e. The molecule has 2 fully saturated rings. The fourth-order valence-electron chi connectivity index (χ4n) is 5.80. The Kier molecular flexibility index (Phi) is 11.4. The van der Waals surface area contributed by atoms with Gasteiger partial charge in [0.15, 0.2) is 6.10 Å². The van der Waals surface area contributed by atoms with Crippen LogP contribution in [-0.4, -0.2) is 94.3 Å². The Morgan fingerprint density at radius 1 is 1.06 bits per heavy atom. The number of hydrogen-bond donors (Lipinski definition) is 5. The van der Waals surface area contributed by atoms with Crippen LogP contribution in [-0.2, 0) is 14.4 Å². The number of rotatable bonds is 12. The molecular formula is C35H52N6O7. The summed E-state index contributed by atoms with van der Waals surface area (Å²) in [5.41, 5.74) is -1.26. The van der Waals surface area contributed by atoms with Gasteiger partial charge in [-0.25, -0.2) is 9.78 Å². The normalized spacial score (nSPS) is 20.0. The van der Waals surface area contributed by atoms with E-state index in [2.05, 4.69) is 26.3 Å². The van der Waals surface area contributed by atoms with Crippen LogP contribution in [0.1, 0.15) is 80.6 Å². The van der Waals surface area contributed by atoms with Crippen LogP contribution in [0.3, 0.4) is 0 Å². The number of hydrogen-bond acceptors (Lipinski definition) is 8. The van der Waals surface area contributed by atoms with Crippen LogP contribution in [0, 0.1) is 5.41 Å². The van der Waals surface area contributed by atoms with Gasteiger partial charge in [-0.05, 0) is 75.1 Å². The lowest BCUT2D eigenvalue weighted by Gasteiger charge is -2.36. The van der Waals surface area contributed by atoms with Gasteiger partial charge in [0.05, 0.1) is 19.7 Å². The molecular weight excluding hydrogens is 616 g/mol. The molecule has 5 atom stereocenters. The Hall–Kier alpha value is -4.13. The Bertz CT molecular complexity index is 1480. The molecule has 48 heavy (non-hydrogen) atoms. The summed E-state index contributed by atoms with van der Waals surface area (Å²) in [7, 11) is 1.59. The lowest BCUT2D eigenvalue weighted by atomic mass is 9.85. The monoisotopic (exact) mass is 668 g/mol. The van der Waals surface area contributed by atoms with E-state index in [1.165, 1.54) is 4.90 Å². The van der Waals surface area contributed by atoms with Crippen molar-refractivity contribution in [1.82, 2.24) is 31.2 Å². The molecule has 1 unspecified atom stereocenters. The molecule has 2 aromatic rings. The third-order valence-corrected chi connectivity index (χ3v) is 8.44. The number of carbonyl (C=O) groups excluding carboxylic acids is 4. The van der Waals surface area contributed by atoms with Gasteiger partial charge in [0.1, 0.15) is 23.9 Å². The summed E-state index contributed by atoms with van der Waals surface area (Å²) in [4.78, 5) is 60.0. The van der Waals surface area contributed by atoms with Crippen molar-refractivity contribution in [2.24, 2.45) is 5.41 Å². The summed E-state index contributed by atoms with van der Waals surface area (Å²) in [6, 6.07) is 4.04. The third-order valence-electron chi connectivity index (χ3n) is 8.44. The van der Waals surface area contributed by atoms with Crippen LogP contribution in [0.4, 0.5) is 4.79 Å². The van der Waals surface area contributed by atoms with E-state index in [1.807, 2.05) is 66.7 Å². The molecule has 1 aliphatic heterocycles. The number of fused-ring (bicyclic) bond motifs is 1. The van der Waals surface area contributed by atoms with Crippen LogP contribution in [0.25, 0.3) is 10.8 Å². The number of aliphatic hydroxyl groups excluding tert-OH is 1. The smallest absolute Gasteiger partial charge is 0.315 e. The molecule has 1 aromatic carbocycles. The first kappa shape index (κ1) is 36.7. The second-order valence-electron chi connectivity index (χ2n) is 15.0. The van der Waals surface area contributed by atoms with E-state index >= 15 is 0 Å². The number of nitrogens with zero attached hydrogens (tertiary/aromatic N) is 2. The number of aromatic nitrogens is 1. The zero-order valence-electron chi connectivity index (χ0n) is 29.4. The van der Waals surface area contributed by atoms with Gasteiger partial charge in [0.25, 0.3) is 5.91 Å². The lowest BCUT2D eigenvalue weighted by molar-refractivity contribution is -0.143. The molecule has 0 radical (unpaired) electrons. The first-order valence-electron chi connectivity index (χ1n) is 16.8. The van der Waals surface area contributed by atoms with Gasteiger partial charge in [0.2, 0.25) is 17.7 Å². The van der Waals surface area contributed by atoms with Crippen molar-refractivity contribution >= 4 is 34.5 Å². The van der Waals surface area contributed by atoms with E-state index in [1.54, 1.807) is 19.4 Å². The first-order valence-corrected chi connectivity index (χ1v) is 16.8. The van der Waals surface area contributed by atoms with Crippen molar-refractivity contribution in [2.75, 3.05) is 13.7 Å². The Labute approximate surface area is 282 Å². The zero-order valence-corrected chi connectivity index (χ0v) is 29.4. The molecule has 2 heterocycles. The average Bonchev–Trinajstić information content (AvgIpc) is 3.72. The fourth-order valence-corrected chi connectivity index (χ4v) is 5.80. The van der Waals surface area contributed by atoms with Gasteiger partial charge in [-0.3, -0.25) is 14.4 Å². The molecule has 0 spiro atoms. The molecule has 13 nitrogen and oxygen atoms in total. The average molecular weight is 669 g/mol. The minimum absolute atomic E-state index is 0.0451. The van der Waals surface area contributed by atoms with Gasteiger partial charge in [-0.1, -0.05) is 34.1 Å². The molecule has 0 bridgehead atoms. The van der Waals surface area contributed by atoms with E-state index in [4.69, 9.17) is 9.47 Å². The van der Waals surface area contributed by atoms with Gasteiger partial charge in [0, 0.05) is 29.6 Å². The zero-order chi connectivity index (χ0) is 35.4. The number of aliphatic hydroxyl groups is 1. The number of nitrogens with one attached hydrogen (secondary N) is 4. The molecule has 5 amide bonds. The number of likely N-dealkylation sites (tertiary alicyclic amines) is 1. The summed E-state index contributed by atoms with van der Waals surface area (Å²) in [5.74, 6) is -0.474. The number of carbonyl (C=O) groups is 4. The minimum atomic E-state index is -1.45. The summed E-state index contributed by atoms with van der Waals surface area (Å²) in [6.07, 6.45) is 2.35. The van der Waals surface area contributed by atoms with Crippen molar-refractivity contribution < 1.29 is 33.8 Å². The molecule has 4 rings (SSSR count). The van der Waals surface area contributed by atoms with Crippen LogP contribution < -0.4 is 30.7 Å². The molecule has 264 valence electrons. The van der Waals surface area contributed by atoms with Crippen molar-refractivity contribution in [3.05, 3.63) is 30.5 Å². The maximum absolute atomic E-state index is 14.4. The number of methoxy groups -OCH3 is 1. The van der Waals surface area contributed by atoms with Gasteiger partial charge < -0.3 is 40.7 Å². The number of urea groups is 1. The number of benzene rings is 1. The van der Waals surface area contributed by atoms with Crippen molar-refractivity contribution in [3.8, 4) is 11.6 Å². The van der Waals surface area contributed by atoms with E-state index in [-0.39, 0.29) is 19.0 Å². The lowest BCUT2D eigenvalue weighted by Crippen LogP contribution is -2.61. The maximum atomic E-state index is 14.4. The van der Waals surface area contributed by atoms with Crippen molar-refractivity contribution in [1.29, 1.82) is 0 Å². The Morgan fingerprint density at radius 2 is 1.77 bits per heavy atom. The molecule has 1 saturated carbocycles. The summed E-state index contributed by atoms with van der Waals surface area (Å²) >= 11 is 0. The molecule has 2 aliphatic rings. The second kappa shape index (κ2) is 15.0. The highest BCUT2D eigenvalue weighted by Gasteiger charge is 2.47. The Morgan fingerprint density at radius 3 is 2.38 bits per heavy atom. The Balaban J connectivity index is 1.62. The highest BCUT2D eigenvalue weighted by molar-refractivity contribution is 5.94. The van der Waals surface area contributed by atoms with Gasteiger partial charge in [-0.2, -0.15) is 0 Å². The molecule has 1 aliphatic carbocycles. The first-order chi connectivity index (χ1) is 22.5. The van der Waals surface area contributed by atoms with E-state index < -0.39 is 65.0 Å². The summed E-state index contributed by atoms with van der Waals surface area (Å²) < 4.78 is 11.7. The molecule has 5 N–H and O–H groups in total. The maximum Gasteiger partial charge on any atom is 0.315 e. The van der Waals surface area contributed by atoms with Gasteiger partial charge in [-0.15, -0.1) is 0 Å². The summed E-state index contributed by atoms with van der Waals surface area (Å²) in [6.45, 7) is 13.0. The van der Waals surface area contributed by atoms with Crippen LogP contribution in [0.15, 0.2) is 30.5 Å². The van der Waals surface area contributed by atoms with Crippen molar-refractivity contribution in [2.45, 2.75) is 122 Å². The summed E-state index contributed by atoms with van der Waals surface area (Å²) in [5, 5.41) is 23.9. The van der Waals surface area contributed by atoms with Crippen LogP contribution in [0.2, 0.25) is 0 Å². The highest BCUT2D eigenvalue weighted by Crippen LogP contribution is 2.32. The fraction of sp³-hybridized carbons (Fsp3) is 0.629. The molecule has 1 saturated heterocycles. The molecule has 13 heteroatoms. The number of amides is 5. The predicted octanol–water partition coefficient (Wildman–Crippen LogP) is 3.03. The quantitative estimate of drug-likeness (QED) is 0.230. The number of ether oxygens (including phenoxy) is 2. The standard InChI is InChI=1S/C35H52N6O7/c1-9-10-25(27(42)30(44)37-21-11-12-21)38-29(43)26-18-23(48-31-24-14-13-22(47-8)17-20(24)15-16-36-31)19-41(26)32(45)28(34(2,3)4)39-33(46)40-35(5,6)7/h13-17,21,23,25-28,42H,9-12,18-19H2,1-8H3,(H,37,44)(H,38,43)(H2,39,40,46)/t23-,25+,26+,27?,28-/m1/s1. The number of pyridine rings is 1. The topological polar surface area (TPSA) is 171 Å². The van der Waals surface area contributed by atoms with E-state index in [0.717, 1.165) is 23.6 Å². The molecule has 1 aromatic heterocycles. The van der Waals surface area contributed by atoms with Gasteiger partial charge >= 0.3 is 6.03 Å². The third kappa shape index (κ3) is 9.48. The SMILES string of the molecule is CCC[C@H](NC(=O)[C@@H]1C[C@@H](Oc2nccc3cc(OC)ccc23)CN1C(=O)[C@@H](NC(=O)NC(C)(C)C)C(C)(C)C)C(O)C(=O)NC1CC1. The highest BCUT2D eigenvalue weighted by atomic mass is 16.5. The second-order valence-corrected chi connectivity index (χ2v) is 15.0. The van der Waals surface area contributed by atoms with Crippen LogP contribution >= 0.6 is 0 Å². The van der Waals surface area contributed by atoms with E-state index in [9.17, 15) is 24.3 Å². The van der Waals surface area contributed by atoms with Crippen molar-refractivity contribution in [3.63, 3.8) is 0 Å². The predicted molar refractivity (Wildman–Crippen MR) is 182 cm³/mol.